The Morgan fingerprint density at radius 3 is 2.57 bits per heavy atom. The Hall–Kier alpha value is -1.77. The zero-order valence-corrected chi connectivity index (χ0v) is 11.9. The van der Waals surface area contributed by atoms with Crippen molar-refractivity contribution < 1.29 is 13.2 Å². The first-order valence-electron chi connectivity index (χ1n) is 7.35. The molecule has 0 fully saturated rings. The second-order valence-electron chi connectivity index (χ2n) is 5.71. The predicted octanol–water partition coefficient (Wildman–Crippen LogP) is 5.29. The molecule has 1 aliphatic rings. The van der Waals surface area contributed by atoms with Crippen molar-refractivity contribution in [3.63, 3.8) is 0 Å². The first kappa shape index (κ1) is 14.2. The summed E-state index contributed by atoms with van der Waals surface area (Å²) in [5.41, 5.74) is 2.52. The summed E-state index contributed by atoms with van der Waals surface area (Å²) in [6.07, 6.45) is 3.71. The average Bonchev–Trinajstić information content (AvgIpc) is 2.50. The van der Waals surface area contributed by atoms with Crippen LogP contribution in [-0.2, 0) is 12.8 Å². The van der Waals surface area contributed by atoms with E-state index in [2.05, 4.69) is 6.92 Å². The van der Waals surface area contributed by atoms with E-state index in [0.717, 1.165) is 48.9 Å². The van der Waals surface area contributed by atoms with Crippen LogP contribution in [0.5, 0.6) is 0 Å². The summed E-state index contributed by atoms with van der Waals surface area (Å²) >= 11 is 0. The molecule has 0 nitrogen and oxygen atoms in total. The molecule has 0 spiro atoms. The molecule has 3 rings (SSSR count). The number of halogens is 3. The lowest BCUT2D eigenvalue weighted by Gasteiger charge is -2.24. The number of hydrogen-bond donors (Lipinski definition) is 0. The van der Waals surface area contributed by atoms with Gasteiger partial charge in [-0.15, -0.1) is 0 Å². The van der Waals surface area contributed by atoms with Gasteiger partial charge in [0.05, 0.1) is 0 Å². The highest BCUT2D eigenvalue weighted by Crippen LogP contribution is 2.34. The molecule has 0 radical (unpaired) electrons. The summed E-state index contributed by atoms with van der Waals surface area (Å²) in [5.74, 6) is -1.53. The third kappa shape index (κ3) is 2.57. The van der Waals surface area contributed by atoms with Crippen LogP contribution in [0.1, 0.15) is 30.9 Å². The standard InChI is InChI=1S/C18H17F3/c1-2-11-3-6-14-12(9-11)4-7-15(18(14)21)13-5-8-16(19)17(20)10-13/h4-5,7-8,10-11H,2-3,6,9H2,1H3. The summed E-state index contributed by atoms with van der Waals surface area (Å²) in [4.78, 5) is 0. The van der Waals surface area contributed by atoms with Gasteiger partial charge in [-0.05, 0) is 54.0 Å². The van der Waals surface area contributed by atoms with E-state index in [-0.39, 0.29) is 5.82 Å². The van der Waals surface area contributed by atoms with Crippen LogP contribution in [0.15, 0.2) is 30.3 Å². The number of fused-ring (bicyclic) bond motifs is 1. The van der Waals surface area contributed by atoms with Crippen molar-refractivity contribution in [3.05, 3.63) is 58.9 Å². The van der Waals surface area contributed by atoms with E-state index in [9.17, 15) is 13.2 Å². The van der Waals surface area contributed by atoms with Gasteiger partial charge in [0.2, 0.25) is 0 Å². The van der Waals surface area contributed by atoms with Crippen molar-refractivity contribution in [2.75, 3.05) is 0 Å². The van der Waals surface area contributed by atoms with Crippen molar-refractivity contribution in [2.24, 2.45) is 5.92 Å². The van der Waals surface area contributed by atoms with Crippen molar-refractivity contribution in [2.45, 2.75) is 32.6 Å². The molecule has 1 aliphatic carbocycles. The van der Waals surface area contributed by atoms with Crippen molar-refractivity contribution in [3.8, 4) is 11.1 Å². The van der Waals surface area contributed by atoms with Crippen LogP contribution < -0.4 is 0 Å². The van der Waals surface area contributed by atoms with E-state index in [1.165, 1.54) is 6.07 Å². The lowest BCUT2D eigenvalue weighted by atomic mass is 9.81. The molecule has 0 bridgehead atoms. The molecule has 0 N–H and O–H groups in total. The minimum atomic E-state index is -0.948. The van der Waals surface area contributed by atoms with E-state index < -0.39 is 11.6 Å². The molecule has 0 aliphatic heterocycles. The Kier molecular flexibility index (Phi) is 3.75. The molecule has 0 aromatic heterocycles. The van der Waals surface area contributed by atoms with Crippen LogP contribution in [0.3, 0.4) is 0 Å². The monoisotopic (exact) mass is 290 g/mol. The highest BCUT2D eigenvalue weighted by atomic mass is 19.2. The minimum Gasteiger partial charge on any atom is -0.206 e. The number of benzene rings is 2. The van der Waals surface area contributed by atoms with Crippen LogP contribution in [0.25, 0.3) is 11.1 Å². The first-order valence-corrected chi connectivity index (χ1v) is 7.35. The van der Waals surface area contributed by atoms with Crippen LogP contribution in [0.2, 0.25) is 0 Å². The molecule has 21 heavy (non-hydrogen) atoms. The third-order valence-electron chi connectivity index (χ3n) is 4.46. The van der Waals surface area contributed by atoms with Crippen LogP contribution in [0.4, 0.5) is 13.2 Å². The topological polar surface area (TPSA) is 0 Å². The fraction of sp³-hybridized carbons (Fsp3) is 0.333. The molecular formula is C18H17F3. The van der Waals surface area contributed by atoms with Crippen LogP contribution >= 0.6 is 0 Å². The maximum absolute atomic E-state index is 14.7. The molecule has 3 heteroatoms. The van der Waals surface area contributed by atoms with Gasteiger partial charge in [0.15, 0.2) is 11.6 Å². The van der Waals surface area contributed by atoms with Gasteiger partial charge >= 0.3 is 0 Å². The Labute approximate surface area is 122 Å². The van der Waals surface area contributed by atoms with E-state index in [0.29, 0.717) is 17.0 Å². The summed E-state index contributed by atoms with van der Waals surface area (Å²) < 4.78 is 41.0. The summed E-state index contributed by atoms with van der Waals surface area (Å²) in [5, 5.41) is 0. The molecule has 2 aromatic rings. The van der Waals surface area contributed by atoms with Gasteiger partial charge in [0.1, 0.15) is 5.82 Å². The molecule has 0 saturated heterocycles. The van der Waals surface area contributed by atoms with Gasteiger partial charge in [0.25, 0.3) is 0 Å². The zero-order chi connectivity index (χ0) is 15.0. The second-order valence-corrected chi connectivity index (χ2v) is 5.71. The van der Waals surface area contributed by atoms with Gasteiger partial charge in [-0.3, -0.25) is 0 Å². The zero-order valence-electron chi connectivity index (χ0n) is 11.9. The smallest absolute Gasteiger partial charge is 0.159 e. The lowest BCUT2D eigenvalue weighted by molar-refractivity contribution is 0.435. The highest BCUT2D eigenvalue weighted by molar-refractivity contribution is 5.66. The Morgan fingerprint density at radius 1 is 1.05 bits per heavy atom. The molecule has 2 aromatic carbocycles. The normalized spacial score (nSPS) is 17.6. The average molecular weight is 290 g/mol. The van der Waals surface area contributed by atoms with Gasteiger partial charge in [0, 0.05) is 5.56 Å². The molecule has 0 amide bonds. The fourth-order valence-electron chi connectivity index (χ4n) is 3.12. The quantitative estimate of drug-likeness (QED) is 0.705. The summed E-state index contributed by atoms with van der Waals surface area (Å²) in [7, 11) is 0. The van der Waals surface area contributed by atoms with Gasteiger partial charge < -0.3 is 0 Å². The van der Waals surface area contributed by atoms with Crippen LogP contribution in [-0.4, -0.2) is 0 Å². The van der Waals surface area contributed by atoms with E-state index in [4.69, 9.17) is 0 Å². The van der Waals surface area contributed by atoms with Crippen molar-refractivity contribution in [1.29, 1.82) is 0 Å². The SMILES string of the molecule is CCC1CCc2c(ccc(-c3ccc(F)c(F)c3)c2F)C1. The van der Waals surface area contributed by atoms with Gasteiger partial charge in [-0.25, -0.2) is 13.2 Å². The molecule has 0 heterocycles. The highest BCUT2D eigenvalue weighted by Gasteiger charge is 2.22. The van der Waals surface area contributed by atoms with Crippen LogP contribution in [0, 0.1) is 23.4 Å². The molecule has 0 saturated carbocycles. The first-order chi connectivity index (χ1) is 10.1. The Bertz CT molecular complexity index is 676. The fourth-order valence-corrected chi connectivity index (χ4v) is 3.12. The Morgan fingerprint density at radius 2 is 1.86 bits per heavy atom. The van der Waals surface area contributed by atoms with Crippen molar-refractivity contribution >= 4 is 0 Å². The maximum Gasteiger partial charge on any atom is 0.159 e. The molecule has 110 valence electrons. The summed E-state index contributed by atoms with van der Waals surface area (Å²) in [6.45, 7) is 2.15. The largest absolute Gasteiger partial charge is 0.206 e. The molecule has 1 unspecified atom stereocenters. The maximum atomic E-state index is 14.7. The van der Waals surface area contributed by atoms with E-state index in [1.54, 1.807) is 6.07 Å². The molecule has 1 atom stereocenters. The predicted molar refractivity (Wildman–Crippen MR) is 77.6 cm³/mol. The lowest BCUT2D eigenvalue weighted by Crippen LogP contribution is -2.15. The van der Waals surface area contributed by atoms with E-state index in [1.807, 2.05) is 6.07 Å². The van der Waals surface area contributed by atoms with Gasteiger partial charge in [-0.2, -0.15) is 0 Å². The summed E-state index contributed by atoms with van der Waals surface area (Å²) in [6, 6.07) is 7.12. The number of hydrogen-bond acceptors (Lipinski definition) is 0. The minimum absolute atomic E-state index is 0.284. The van der Waals surface area contributed by atoms with Gasteiger partial charge in [-0.1, -0.05) is 31.5 Å². The second kappa shape index (κ2) is 5.55. The number of rotatable bonds is 2. The Balaban J connectivity index is 2.03. The van der Waals surface area contributed by atoms with E-state index >= 15 is 0 Å². The third-order valence-corrected chi connectivity index (χ3v) is 4.46. The van der Waals surface area contributed by atoms with Crippen molar-refractivity contribution in [1.82, 2.24) is 0 Å². The molecular weight excluding hydrogens is 273 g/mol.